The quantitative estimate of drug-likeness (QED) is 0.840. The molecule has 0 N–H and O–H groups in total. The van der Waals surface area contributed by atoms with Crippen LogP contribution in [0.3, 0.4) is 0 Å². The SMILES string of the molecule is CC(C)(C)S(=O)(=O)CCS(=O)(=O)c1ccc(C#N)cc1. The van der Waals surface area contributed by atoms with E-state index in [1.165, 1.54) is 45.0 Å². The van der Waals surface area contributed by atoms with Gasteiger partial charge in [-0.05, 0) is 45.0 Å². The van der Waals surface area contributed by atoms with E-state index in [1.807, 2.05) is 6.07 Å². The molecule has 0 unspecified atom stereocenters. The summed E-state index contributed by atoms with van der Waals surface area (Å²) in [6.45, 7) is 4.62. The van der Waals surface area contributed by atoms with E-state index in [0.717, 1.165) is 0 Å². The van der Waals surface area contributed by atoms with E-state index in [1.54, 1.807) is 0 Å². The van der Waals surface area contributed by atoms with Crippen LogP contribution in [-0.4, -0.2) is 33.1 Å². The van der Waals surface area contributed by atoms with Crippen LogP contribution in [0.5, 0.6) is 0 Å². The molecule has 1 rings (SSSR count). The third-order valence-electron chi connectivity index (χ3n) is 2.90. The zero-order chi connectivity index (χ0) is 15.6. The highest BCUT2D eigenvalue weighted by Gasteiger charge is 2.30. The number of rotatable bonds is 4. The average molecular weight is 315 g/mol. The van der Waals surface area contributed by atoms with Gasteiger partial charge in [-0.3, -0.25) is 0 Å². The Hall–Kier alpha value is -1.39. The predicted octanol–water partition coefficient (Wildman–Crippen LogP) is 1.55. The van der Waals surface area contributed by atoms with Crippen LogP contribution in [0.4, 0.5) is 0 Å². The number of benzene rings is 1. The van der Waals surface area contributed by atoms with Crippen molar-refractivity contribution in [1.29, 1.82) is 5.26 Å². The molecule has 7 heteroatoms. The molecule has 0 radical (unpaired) electrons. The van der Waals surface area contributed by atoms with Gasteiger partial charge in [0.05, 0.1) is 32.8 Å². The van der Waals surface area contributed by atoms with E-state index in [9.17, 15) is 16.8 Å². The van der Waals surface area contributed by atoms with Gasteiger partial charge in [0, 0.05) is 0 Å². The Morgan fingerprint density at radius 2 is 1.50 bits per heavy atom. The van der Waals surface area contributed by atoms with Crippen LogP contribution < -0.4 is 0 Å². The highest BCUT2D eigenvalue weighted by molar-refractivity contribution is 7.95. The fourth-order valence-corrected chi connectivity index (χ4v) is 4.53. The van der Waals surface area contributed by atoms with Crippen LogP contribution >= 0.6 is 0 Å². The van der Waals surface area contributed by atoms with Crippen molar-refractivity contribution in [3.8, 4) is 6.07 Å². The van der Waals surface area contributed by atoms with Gasteiger partial charge in [-0.15, -0.1) is 0 Å². The Labute approximate surface area is 120 Å². The van der Waals surface area contributed by atoms with Gasteiger partial charge in [0.25, 0.3) is 0 Å². The predicted molar refractivity (Wildman–Crippen MR) is 76.7 cm³/mol. The summed E-state index contributed by atoms with van der Waals surface area (Å²) in [5.41, 5.74) is 0.353. The number of hydrogen-bond acceptors (Lipinski definition) is 5. The Bertz CT molecular complexity index is 718. The summed E-state index contributed by atoms with van der Waals surface area (Å²) in [4.78, 5) is 0.0283. The lowest BCUT2D eigenvalue weighted by atomic mass is 10.2. The summed E-state index contributed by atoms with van der Waals surface area (Å²) in [5, 5.41) is 8.65. The van der Waals surface area contributed by atoms with E-state index in [4.69, 9.17) is 5.26 Å². The Kier molecular flexibility index (Phi) is 4.62. The van der Waals surface area contributed by atoms with Gasteiger partial charge < -0.3 is 0 Å². The smallest absolute Gasteiger partial charge is 0.179 e. The van der Waals surface area contributed by atoms with Crippen molar-refractivity contribution < 1.29 is 16.8 Å². The molecule has 5 nitrogen and oxygen atoms in total. The summed E-state index contributed by atoms with van der Waals surface area (Å²) >= 11 is 0. The molecule has 0 spiro atoms. The fourth-order valence-electron chi connectivity index (χ4n) is 1.38. The van der Waals surface area contributed by atoms with Crippen molar-refractivity contribution in [3.63, 3.8) is 0 Å². The molecular formula is C13H17NO4S2. The molecule has 0 aliphatic carbocycles. The molecule has 0 aromatic heterocycles. The Morgan fingerprint density at radius 1 is 1.00 bits per heavy atom. The van der Waals surface area contributed by atoms with Gasteiger partial charge >= 0.3 is 0 Å². The molecule has 1 aromatic carbocycles. The Balaban J connectivity index is 2.94. The third-order valence-corrected chi connectivity index (χ3v) is 7.49. The lowest BCUT2D eigenvalue weighted by Gasteiger charge is -2.18. The fraction of sp³-hybridized carbons (Fsp3) is 0.462. The maximum Gasteiger partial charge on any atom is 0.179 e. The first-order valence-corrected chi connectivity index (χ1v) is 9.25. The van der Waals surface area contributed by atoms with Crippen LogP contribution in [0.25, 0.3) is 0 Å². The van der Waals surface area contributed by atoms with Crippen molar-refractivity contribution in [1.82, 2.24) is 0 Å². The molecule has 0 aliphatic rings. The van der Waals surface area contributed by atoms with Gasteiger partial charge in [0.15, 0.2) is 19.7 Å². The summed E-state index contributed by atoms with van der Waals surface area (Å²) in [5.74, 6) is -0.878. The van der Waals surface area contributed by atoms with E-state index < -0.39 is 35.9 Å². The van der Waals surface area contributed by atoms with Crippen molar-refractivity contribution in [3.05, 3.63) is 29.8 Å². The van der Waals surface area contributed by atoms with Crippen molar-refractivity contribution in [2.45, 2.75) is 30.4 Å². The maximum atomic E-state index is 12.1. The maximum absolute atomic E-state index is 12.1. The second-order valence-electron chi connectivity index (χ2n) is 5.39. The molecule has 110 valence electrons. The minimum Gasteiger partial charge on any atom is -0.228 e. The summed E-state index contributed by atoms with van der Waals surface area (Å²) in [7, 11) is -7.15. The van der Waals surface area contributed by atoms with E-state index >= 15 is 0 Å². The molecule has 0 atom stereocenters. The topological polar surface area (TPSA) is 92.1 Å². The standard InChI is InChI=1S/C13H17NO4S2/c1-13(2,3)20(17,18)9-8-19(15,16)12-6-4-11(10-14)5-7-12/h4-7H,8-9H2,1-3H3. The largest absolute Gasteiger partial charge is 0.228 e. The van der Waals surface area contributed by atoms with Crippen LogP contribution in [0.1, 0.15) is 26.3 Å². The summed E-state index contributed by atoms with van der Waals surface area (Å²) in [6, 6.07) is 7.31. The van der Waals surface area contributed by atoms with Crippen LogP contribution in [0.15, 0.2) is 29.2 Å². The van der Waals surface area contributed by atoms with Crippen molar-refractivity contribution >= 4 is 19.7 Å². The highest BCUT2D eigenvalue weighted by atomic mass is 32.2. The first-order valence-electron chi connectivity index (χ1n) is 5.95. The first-order chi connectivity index (χ1) is 8.99. The molecule has 1 aromatic rings. The van der Waals surface area contributed by atoms with Crippen LogP contribution in [0.2, 0.25) is 0 Å². The molecular weight excluding hydrogens is 298 g/mol. The lowest BCUT2D eigenvalue weighted by molar-refractivity contribution is 0.559. The number of sulfone groups is 2. The molecule has 0 fully saturated rings. The molecule has 0 heterocycles. The molecule has 0 bridgehead atoms. The van der Waals surface area contributed by atoms with Crippen LogP contribution in [0, 0.1) is 11.3 Å². The summed E-state index contributed by atoms with van der Waals surface area (Å²) < 4.78 is 47.0. The second kappa shape index (κ2) is 5.54. The van der Waals surface area contributed by atoms with Gasteiger partial charge in [-0.1, -0.05) is 0 Å². The zero-order valence-corrected chi connectivity index (χ0v) is 13.3. The molecule has 0 saturated carbocycles. The molecule has 0 aliphatic heterocycles. The van der Waals surface area contributed by atoms with Crippen LogP contribution in [-0.2, 0) is 19.7 Å². The highest BCUT2D eigenvalue weighted by Crippen LogP contribution is 2.18. The van der Waals surface area contributed by atoms with Gasteiger partial charge in [-0.2, -0.15) is 5.26 Å². The minimum absolute atomic E-state index is 0.0283. The normalized spacial score (nSPS) is 12.9. The number of nitriles is 1. The lowest BCUT2D eigenvalue weighted by Crippen LogP contribution is -2.33. The van der Waals surface area contributed by atoms with Gasteiger partial charge in [0.2, 0.25) is 0 Å². The number of hydrogen-bond donors (Lipinski definition) is 0. The second-order valence-corrected chi connectivity index (χ2v) is 10.4. The monoisotopic (exact) mass is 315 g/mol. The van der Waals surface area contributed by atoms with Gasteiger partial charge in [-0.25, -0.2) is 16.8 Å². The molecule has 0 saturated heterocycles. The average Bonchev–Trinajstić information content (AvgIpc) is 2.35. The van der Waals surface area contributed by atoms with Crippen molar-refractivity contribution in [2.75, 3.05) is 11.5 Å². The minimum atomic E-state index is -3.67. The zero-order valence-electron chi connectivity index (χ0n) is 11.6. The van der Waals surface area contributed by atoms with Crippen molar-refractivity contribution in [2.24, 2.45) is 0 Å². The van der Waals surface area contributed by atoms with E-state index in [0.29, 0.717) is 5.56 Å². The Morgan fingerprint density at radius 3 is 1.90 bits per heavy atom. The third kappa shape index (κ3) is 3.81. The molecule has 20 heavy (non-hydrogen) atoms. The number of nitrogens with zero attached hydrogens (tertiary/aromatic N) is 1. The van der Waals surface area contributed by atoms with E-state index in [-0.39, 0.29) is 4.90 Å². The van der Waals surface area contributed by atoms with E-state index in [2.05, 4.69) is 0 Å². The summed E-state index contributed by atoms with van der Waals surface area (Å²) in [6.07, 6.45) is 0. The molecule has 0 amide bonds. The first kappa shape index (κ1) is 16.7. The van der Waals surface area contributed by atoms with Gasteiger partial charge in [0.1, 0.15) is 0 Å².